The van der Waals surface area contributed by atoms with Crippen LogP contribution in [0.25, 0.3) is 0 Å². The molecule has 0 fully saturated rings. The van der Waals surface area contributed by atoms with Gasteiger partial charge in [-0.1, -0.05) is 24.6 Å². The van der Waals surface area contributed by atoms with Gasteiger partial charge in [-0.2, -0.15) is 11.8 Å². The molecule has 0 aliphatic rings. The molecule has 7 heteroatoms. The zero-order chi connectivity index (χ0) is 19.5. The van der Waals surface area contributed by atoms with E-state index in [0.29, 0.717) is 17.7 Å². The molecule has 0 radical (unpaired) electrons. The van der Waals surface area contributed by atoms with Crippen LogP contribution < -0.4 is 10.6 Å². The standard InChI is InChI=1S/C19H28N2O4S/c1-5-14(3)20-17(22)12-25-19(24)16(9-10-26-4)21-18(23)15-8-6-7-13(2)11-15/h6-8,11,14,16H,5,9-10,12H2,1-4H3,(H,20,22)(H,21,23)/t14-,16+/m0/s1. The van der Waals surface area contributed by atoms with Crippen molar-refractivity contribution >= 4 is 29.5 Å². The molecule has 2 amide bonds. The molecule has 1 aromatic carbocycles. The van der Waals surface area contributed by atoms with Gasteiger partial charge >= 0.3 is 5.97 Å². The summed E-state index contributed by atoms with van der Waals surface area (Å²) < 4.78 is 5.09. The largest absolute Gasteiger partial charge is 0.454 e. The number of esters is 1. The Bertz CT molecular complexity index is 621. The van der Waals surface area contributed by atoms with Crippen LogP contribution in [-0.2, 0) is 14.3 Å². The molecule has 1 rings (SSSR count). The number of carbonyl (C=O) groups is 3. The third-order valence-corrected chi connectivity index (χ3v) is 4.49. The van der Waals surface area contributed by atoms with Crippen molar-refractivity contribution in [2.45, 2.75) is 45.7 Å². The Labute approximate surface area is 159 Å². The Morgan fingerprint density at radius 2 is 1.96 bits per heavy atom. The summed E-state index contributed by atoms with van der Waals surface area (Å²) in [6, 6.07) is 6.37. The maximum atomic E-state index is 12.4. The first-order valence-corrected chi connectivity index (χ1v) is 10.1. The van der Waals surface area contributed by atoms with E-state index in [0.717, 1.165) is 12.0 Å². The van der Waals surface area contributed by atoms with Crippen LogP contribution in [0.4, 0.5) is 0 Å². The molecule has 0 spiro atoms. The lowest BCUT2D eigenvalue weighted by molar-refractivity contribution is -0.150. The summed E-state index contributed by atoms with van der Waals surface area (Å²) in [6.45, 7) is 5.38. The predicted octanol–water partition coefficient (Wildman–Crippen LogP) is 2.30. The van der Waals surface area contributed by atoms with Crippen LogP contribution >= 0.6 is 11.8 Å². The molecule has 26 heavy (non-hydrogen) atoms. The molecule has 0 aromatic heterocycles. The molecule has 2 atom stereocenters. The molecule has 0 aliphatic heterocycles. The Morgan fingerprint density at radius 1 is 1.23 bits per heavy atom. The monoisotopic (exact) mass is 380 g/mol. The van der Waals surface area contributed by atoms with E-state index >= 15 is 0 Å². The third-order valence-electron chi connectivity index (χ3n) is 3.85. The van der Waals surface area contributed by atoms with Gasteiger partial charge < -0.3 is 15.4 Å². The van der Waals surface area contributed by atoms with E-state index in [1.165, 1.54) is 0 Å². The maximum Gasteiger partial charge on any atom is 0.329 e. The van der Waals surface area contributed by atoms with Crippen LogP contribution in [0.5, 0.6) is 0 Å². The second-order valence-electron chi connectivity index (χ2n) is 6.16. The van der Waals surface area contributed by atoms with Gasteiger partial charge in [0.05, 0.1) is 0 Å². The molecule has 0 heterocycles. The zero-order valence-corrected chi connectivity index (χ0v) is 16.7. The van der Waals surface area contributed by atoms with Crippen LogP contribution in [0, 0.1) is 6.92 Å². The first-order valence-electron chi connectivity index (χ1n) is 8.69. The molecule has 6 nitrogen and oxygen atoms in total. The van der Waals surface area contributed by atoms with Gasteiger partial charge in [0.15, 0.2) is 6.61 Å². The SMILES string of the molecule is CC[C@H](C)NC(=O)COC(=O)[C@@H](CCSC)NC(=O)c1cccc(C)c1. The molecular weight excluding hydrogens is 352 g/mol. The predicted molar refractivity (Wildman–Crippen MR) is 104 cm³/mol. The van der Waals surface area contributed by atoms with Gasteiger partial charge in [0.1, 0.15) is 6.04 Å². The number of aryl methyl sites for hydroxylation is 1. The molecular formula is C19H28N2O4S. The molecule has 0 bridgehead atoms. The summed E-state index contributed by atoms with van der Waals surface area (Å²) in [5.41, 5.74) is 1.45. The van der Waals surface area contributed by atoms with Crippen molar-refractivity contribution in [2.24, 2.45) is 0 Å². The summed E-state index contributed by atoms with van der Waals surface area (Å²) in [5.74, 6) is -0.589. The minimum atomic E-state index is -0.785. The van der Waals surface area contributed by atoms with Crippen molar-refractivity contribution in [1.29, 1.82) is 0 Å². The van der Waals surface area contributed by atoms with Crippen molar-refractivity contribution in [3.63, 3.8) is 0 Å². The summed E-state index contributed by atoms with van der Waals surface area (Å²) in [5, 5.41) is 5.44. The Balaban J connectivity index is 2.65. The summed E-state index contributed by atoms with van der Waals surface area (Å²) >= 11 is 1.57. The Kier molecular flexibility index (Phi) is 9.80. The highest BCUT2D eigenvalue weighted by Crippen LogP contribution is 2.07. The van der Waals surface area contributed by atoms with Crippen molar-refractivity contribution in [3.8, 4) is 0 Å². The van der Waals surface area contributed by atoms with E-state index in [1.54, 1.807) is 30.0 Å². The highest BCUT2D eigenvalue weighted by molar-refractivity contribution is 7.98. The van der Waals surface area contributed by atoms with Gasteiger partial charge in [0.25, 0.3) is 11.8 Å². The Morgan fingerprint density at radius 3 is 2.58 bits per heavy atom. The average Bonchev–Trinajstić information content (AvgIpc) is 2.62. The van der Waals surface area contributed by atoms with E-state index < -0.39 is 12.0 Å². The highest BCUT2D eigenvalue weighted by Gasteiger charge is 2.23. The number of hydrogen-bond donors (Lipinski definition) is 2. The number of thioether (sulfide) groups is 1. The quantitative estimate of drug-likeness (QED) is 0.609. The van der Waals surface area contributed by atoms with Gasteiger partial charge in [-0.3, -0.25) is 9.59 Å². The van der Waals surface area contributed by atoms with Crippen LogP contribution in [0.1, 0.15) is 42.6 Å². The topological polar surface area (TPSA) is 84.5 Å². The normalized spacial score (nSPS) is 12.8. The van der Waals surface area contributed by atoms with Crippen molar-refractivity contribution < 1.29 is 19.1 Å². The first kappa shape index (κ1) is 22.0. The number of hydrogen-bond acceptors (Lipinski definition) is 5. The number of rotatable bonds is 10. The van der Waals surface area contributed by atoms with Crippen LogP contribution in [0.2, 0.25) is 0 Å². The summed E-state index contributed by atoms with van der Waals surface area (Å²) in [4.78, 5) is 36.5. The van der Waals surface area contributed by atoms with Crippen LogP contribution in [0.15, 0.2) is 24.3 Å². The average molecular weight is 381 g/mol. The highest BCUT2D eigenvalue weighted by atomic mass is 32.2. The molecule has 0 aliphatic carbocycles. The lowest BCUT2D eigenvalue weighted by atomic mass is 10.1. The minimum absolute atomic E-state index is 0.0227. The smallest absolute Gasteiger partial charge is 0.329 e. The van der Waals surface area contributed by atoms with E-state index in [9.17, 15) is 14.4 Å². The number of benzene rings is 1. The number of nitrogens with one attached hydrogen (secondary N) is 2. The molecule has 0 saturated heterocycles. The second kappa shape index (κ2) is 11.6. The van der Waals surface area contributed by atoms with Gasteiger partial charge in [-0.05, 0) is 50.8 Å². The summed E-state index contributed by atoms with van der Waals surface area (Å²) in [6.07, 6.45) is 3.15. The van der Waals surface area contributed by atoms with E-state index in [2.05, 4.69) is 10.6 Å². The maximum absolute atomic E-state index is 12.4. The van der Waals surface area contributed by atoms with Gasteiger partial charge in [0, 0.05) is 11.6 Å². The molecule has 0 unspecified atom stereocenters. The fourth-order valence-electron chi connectivity index (χ4n) is 2.17. The first-order chi connectivity index (χ1) is 12.4. The minimum Gasteiger partial charge on any atom is -0.454 e. The van der Waals surface area contributed by atoms with Gasteiger partial charge in [0.2, 0.25) is 0 Å². The lowest BCUT2D eigenvalue weighted by Crippen LogP contribution is -2.44. The van der Waals surface area contributed by atoms with Crippen molar-refractivity contribution in [2.75, 3.05) is 18.6 Å². The van der Waals surface area contributed by atoms with Gasteiger partial charge in [-0.25, -0.2) is 4.79 Å². The van der Waals surface area contributed by atoms with Crippen molar-refractivity contribution in [3.05, 3.63) is 35.4 Å². The van der Waals surface area contributed by atoms with Gasteiger partial charge in [-0.15, -0.1) is 0 Å². The Hall–Kier alpha value is -2.02. The number of amides is 2. The fraction of sp³-hybridized carbons (Fsp3) is 0.526. The van der Waals surface area contributed by atoms with E-state index in [4.69, 9.17) is 4.74 Å². The fourth-order valence-corrected chi connectivity index (χ4v) is 2.64. The zero-order valence-electron chi connectivity index (χ0n) is 15.8. The van der Waals surface area contributed by atoms with Crippen LogP contribution in [0.3, 0.4) is 0 Å². The van der Waals surface area contributed by atoms with Crippen LogP contribution in [-0.4, -0.2) is 48.5 Å². The summed E-state index contributed by atoms with van der Waals surface area (Å²) in [7, 11) is 0. The lowest BCUT2D eigenvalue weighted by Gasteiger charge is -2.18. The molecule has 0 saturated carbocycles. The molecule has 144 valence electrons. The second-order valence-corrected chi connectivity index (χ2v) is 7.15. The molecule has 1 aromatic rings. The van der Waals surface area contributed by atoms with E-state index in [-0.39, 0.29) is 24.5 Å². The third kappa shape index (κ3) is 7.91. The van der Waals surface area contributed by atoms with Crippen molar-refractivity contribution in [1.82, 2.24) is 10.6 Å². The molecule has 2 N–H and O–H groups in total. The van der Waals surface area contributed by atoms with E-state index in [1.807, 2.05) is 33.1 Å². The number of ether oxygens (including phenoxy) is 1. The number of carbonyl (C=O) groups excluding carboxylic acids is 3.